The Morgan fingerprint density at radius 2 is 2.06 bits per heavy atom. The van der Waals surface area contributed by atoms with Gasteiger partial charge in [-0.05, 0) is 42.5 Å². The molecule has 0 aliphatic heterocycles. The molecule has 2 rings (SSSR count). The molecule has 0 spiro atoms. The summed E-state index contributed by atoms with van der Waals surface area (Å²) < 4.78 is 0. The number of hydrogen-bond acceptors (Lipinski definition) is 1. The topological polar surface area (TPSA) is 12.9 Å². The molecule has 0 unspecified atom stereocenters. The first kappa shape index (κ1) is 10.6. The van der Waals surface area contributed by atoms with Crippen LogP contribution in [0.1, 0.15) is 18.2 Å². The van der Waals surface area contributed by atoms with Gasteiger partial charge < -0.3 is 0 Å². The largest absolute Gasteiger partial charge is 0.261 e. The summed E-state index contributed by atoms with van der Waals surface area (Å²) in [5.41, 5.74) is 3.41. The Balaban J connectivity index is 2.63. The minimum absolute atomic E-state index is 1.05. The molecule has 0 radical (unpaired) electrons. The minimum Gasteiger partial charge on any atom is -0.261 e. The van der Waals surface area contributed by atoms with Crippen LogP contribution in [0.4, 0.5) is 0 Å². The number of nitrogens with zero attached hydrogens (tertiary/aromatic N) is 1. The second-order valence-corrected chi connectivity index (χ2v) is 3.84. The quantitative estimate of drug-likeness (QED) is 0.677. The number of benzene rings is 1. The van der Waals surface area contributed by atoms with Crippen molar-refractivity contribution in [2.24, 2.45) is 0 Å². The van der Waals surface area contributed by atoms with Gasteiger partial charge in [-0.3, -0.25) is 4.98 Å². The van der Waals surface area contributed by atoms with Crippen molar-refractivity contribution in [1.29, 1.82) is 0 Å². The zero-order valence-electron chi connectivity index (χ0n) is 9.70. The number of hydrogen-bond donors (Lipinski definition) is 0. The van der Waals surface area contributed by atoms with Crippen LogP contribution in [0.5, 0.6) is 0 Å². The van der Waals surface area contributed by atoms with E-state index in [0.29, 0.717) is 0 Å². The van der Waals surface area contributed by atoms with Gasteiger partial charge in [-0.25, -0.2) is 0 Å². The lowest BCUT2D eigenvalue weighted by atomic mass is 10.0. The number of rotatable bonds is 2. The first-order valence-corrected chi connectivity index (χ1v) is 5.40. The molecule has 0 amide bonds. The fourth-order valence-corrected chi connectivity index (χ4v) is 1.83. The maximum absolute atomic E-state index is 4.29. The van der Waals surface area contributed by atoms with Crippen LogP contribution in [0.2, 0.25) is 0 Å². The molecule has 0 bridgehead atoms. The van der Waals surface area contributed by atoms with E-state index in [1.165, 1.54) is 16.3 Å². The summed E-state index contributed by atoms with van der Waals surface area (Å²) in [6.45, 7) is 7.86. The predicted octanol–water partition coefficient (Wildman–Crippen LogP) is 4.13. The van der Waals surface area contributed by atoms with Gasteiger partial charge in [0.15, 0.2) is 0 Å². The highest BCUT2D eigenvalue weighted by atomic mass is 14.6. The van der Waals surface area contributed by atoms with E-state index in [9.17, 15) is 0 Å². The van der Waals surface area contributed by atoms with Crippen LogP contribution < -0.4 is 0 Å². The van der Waals surface area contributed by atoms with E-state index < -0.39 is 0 Å². The SMILES string of the molecule is C=C/C(=C\C)c1ccc2cnc(C)cc2c1. The van der Waals surface area contributed by atoms with E-state index in [1.807, 2.05) is 26.1 Å². The molecule has 0 atom stereocenters. The van der Waals surface area contributed by atoms with E-state index in [0.717, 1.165) is 11.3 Å². The molecule has 80 valence electrons. The summed E-state index contributed by atoms with van der Waals surface area (Å²) >= 11 is 0. The number of pyridine rings is 1. The molecule has 0 aliphatic carbocycles. The molecule has 2 aromatic rings. The average Bonchev–Trinajstić information content (AvgIpc) is 2.30. The van der Waals surface area contributed by atoms with Gasteiger partial charge in [0.2, 0.25) is 0 Å². The average molecular weight is 209 g/mol. The second kappa shape index (κ2) is 4.31. The molecule has 0 aliphatic rings. The Labute approximate surface area is 96.1 Å². The summed E-state index contributed by atoms with van der Waals surface area (Å²) in [5, 5.41) is 2.40. The van der Waals surface area contributed by atoms with Crippen molar-refractivity contribution in [3.63, 3.8) is 0 Å². The van der Waals surface area contributed by atoms with Crippen LogP contribution in [0.3, 0.4) is 0 Å². The van der Waals surface area contributed by atoms with Crippen LogP contribution >= 0.6 is 0 Å². The van der Waals surface area contributed by atoms with Crippen molar-refractivity contribution in [3.05, 3.63) is 60.5 Å². The van der Waals surface area contributed by atoms with Crippen molar-refractivity contribution < 1.29 is 0 Å². The van der Waals surface area contributed by atoms with Gasteiger partial charge in [-0.1, -0.05) is 30.9 Å². The molecule has 0 saturated heterocycles. The third-order valence-corrected chi connectivity index (χ3v) is 2.72. The molecular formula is C15H15N. The Morgan fingerprint density at radius 3 is 2.75 bits per heavy atom. The molecule has 16 heavy (non-hydrogen) atoms. The van der Waals surface area contributed by atoms with E-state index >= 15 is 0 Å². The van der Waals surface area contributed by atoms with E-state index in [2.05, 4.69) is 41.9 Å². The van der Waals surface area contributed by atoms with Crippen LogP contribution in [0, 0.1) is 6.92 Å². The van der Waals surface area contributed by atoms with Crippen molar-refractivity contribution in [2.45, 2.75) is 13.8 Å². The third-order valence-electron chi connectivity index (χ3n) is 2.72. The van der Waals surface area contributed by atoms with Crippen molar-refractivity contribution >= 4 is 16.3 Å². The Kier molecular flexibility index (Phi) is 2.86. The molecule has 1 heteroatoms. The molecule has 1 nitrogen and oxygen atoms in total. The number of aryl methyl sites for hydroxylation is 1. The number of allylic oxidation sites excluding steroid dienone is 3. The predicted molar refractivity (Wildman–Crippen MR) is 70.3 cm³/mol. The van der Waals surface area contributed by atoms with E-state index in [1.54, 1.807) is 0 Å². The molecule has 1 aromatic heterocycles. The van der Waals surface area contributed by atoms with Crippen molar-refractivity contribution in [3.8, 4) is 0 Å². The highest BCUT2D eigenvalue weighted by Crippen LogP contribution is 2.21. The van der Waals surface area contributed by atoms with Crippen LogP contribution in [0.25, 0.3) is 16.3 Å². The number of aromatic nitrogens is 1. The summed E-state index contributed by atoms with van der Waals surface area (Å²) in [4.78, 5) is 4.29. The van der Waals surface area contributed by atoms with Gasteiger partial charge in [-0.2, -0.15) is 0 Å². The Hall–Kier alpha value is -1.89. The Bertz CT molecular complexity index is 565. The second-order valence-electron chi connectivity index (χ2n) is 3.84. The van der Waals surface area contributed by atoms with Gasteiger partial charge >= 0.3 is 0 Å². The normalized spacial score (nSPS) is 11.8. The smallest absolute Gasteiger partial charge is 0.0379 e. The van der Waals surface area contributed by atoms with Gasteiger partial charge in [-0.15, -0.1) is 0 Å². The van der Waals surface area contributed by atoms with Gasteiger partial charge in [0, 0.05) is 17.3 Å². The fraction of sp³-hybridized carbons (Fsp3) is 0.133. The zero-order valence-corrected chi connectivity index (χ0v) is 9.70. The van der Waals surface area contributed by atoms with Crippen LogP contribution in [-0.4, -0.2) is 4.98 Å². The molecule has 1 aromatic carbocycles. The van der Waals surface area contributed by atoms with Crippen LogP contribution in [-0.2, 0) is 0 Å². The lowest BCUT2D eigenvalue weighted by molar-refractivity contribution is 1.22. The lowest BCUT2D eigenvalue weighted by Gasteiger charge is -2.04. The molecule has 1 heterocycles. The van der Waals surface area contributed by atoms with Crippen LogP contribution in [0.15, 0.2) is 49.2 Å². The standard InChI is InChI=1S/C15H15N/c1-4-12(5-2)13-6-7-14-10-16-11(3)8-15(14)9-13/h4-10H,1H2,2-3H3/b12-5+. The van der Waals surface area contributed by atoms with Crippen molar-refractivity contribution in [2.75, 3.05) is 0 Å². The summed E-state index contributed by atoms with van der Waals surface area (Å²) in [5.74, 6) is 0. The van der Waals surface area contributed by atoms with Gasteiger partial charge in [0.1, 0.15) is 0 Å². The van der Waals surface area contributed by atoms with Gasteiger partial charge in [0.05, 0.1) is 0 Å². The maximum Gasteiger partial charge on any atom is 0.0379 e. The molecular weight excluding hydrogens is 194 g/mol. The first-order chi connectivity index (χ1) is 7.74. The highest BCUT2D eigenvalue weighted by molar-refractivity contribution is 5.87. The summed E-state index contributed by atoms with van der Waals surface area (Å²) in [7, 11) is 0. The molecule has 0 saturated carbocycles. The van der Waals surface area contributed by atoms with Gasteiger partial charge in [0.25, 0.3) is 0 Å². The molecule has 0 fully saturated rings. The number of fused-ring (bicyclic) bond motifs is 1. The monoisotopic (exact) mass is 209 g/mol. The maximum atomic E-state index is 4.29. The fourth-order valence-electron chi connectivity index (χ4n) is 1.83. The van der Waals surface area contributed by atoms with E-state index in [4.69, 9.17) is 0 Å². The molecule has 0 N–H and O–H groups in total. The first-order valence-electron chi connectivity index (χ1n) is 5.40. The minimum atomic E-state index is 1.05. The Morgan fingerprint density at radius 1 is 1.25 bits per heavy atom. The third kappa shape index (κ3) is 1.89. The van der Waals surface area contributed by atoms with Crippen molar-refractivity contribution in [1.82, 2.24) is 4.98 Å². The lowest BCUT2D eigenvalue weighted by Crippen LogP contribution is -1.84. The highest BCUT2D eigenvalue weighted by Gasteiger charge is 1.99. The van der Waals surface area contributed by atoms with E-state index in [-0.39, 0.29) is 0 Å². The summed E-state index contributed by atoms with van der Waals surface area (Å²) in [6, 6.07) is 8.50. The zero-order chi connectivity index (χ0) is 11.5. The summed E-state index contributed by atoms with van der Waals surface area (Å²) in [6.07, 6.45) is 5.87.